The van der Waals surface area contributed by atoms with Gasteiger partial charge in [0.25, 0.3) is 0 Å². The summed E-state index contributed by atoms with van der Waals surface area (Å²) in [5.74, 6) is 0.750. The highest BCUT2D eigenvalue weighted by atomic mass is 35.5. The normalized spacial score (nSPS) is 11.4. The topological polar surface area (TPSA) is 61.8 Å². The van der Waals surface area contributed by atoms with E-state index in [9.17, 15) is 9.59 Å². The Morgan fingerprint density at radius 1 is 1.13 bits per heavy atom. The zero-order valence-electron chi connectivity index (χ0n) is 12.6. The molecule has 1 atom stereocenters. The highest BCUT2D eigenvalue weighted by molar-refractivity contribution is 6.30. The van der Waals surface area contributed by atoms with E-state index in [1.807, 2.05) is 0 Å². The Labute approximate surface area is 138 Å². The van der Waals surface area contributed by atoms with Gasteiger partial charge in [-0.15, -0.1) is 0 Å². The molecular weight excluding hydrogens is 320 g/mol. The number of hydrogen-bond acceptors (Lipinski definition) is 5. The van der Waals surface area contributed by atoms with E-state index in [1.54, 1.807) is 36.4 Å². The molecule has 0 spiro atoms. The molecule has 5 nitrogen and oxygen atoms in total. The van der Waals surface area contributed by atoms with Gasteiger partial charge in [-0.25, -0.2) is 4.79 Å². The Kier molecular flexibility index (Phi) is 5.60. The van der Waals surface area contributed by atoms with Gasteiger partial charge in [-0.05, 0) is 43.3 Å². The third-order valence-corrected chi connectivity index (χ3v) is 3.25. The average Bonchev–Trinajstić information content (AvgIpc) is 2.56. The van der Waals surface area contributed by atoms with Gasteiger partial charge in [-0.3, -0.25) is 4.79 Å². The van der Waals surface area contributed by atoms with Crippen molar-refractivity contribution in [3.63, 3.8) is 0 Å². The molecule has 0 radical (unpaired) electrons. The first-order valence-electron chi connectivity index (χ1n) is 6.80. The molecule has 0 bridgehead atoms. The van der Waals surface area contributed by atoms with Crippen molar-refractivity contribution in [2.45, 2.75) is 13.0 Å². The Morgan fingerprint density at radius 2 is 1.78 bits per heavy atom. The van der Waals surface area contributed by atoms with E-state index in [0.717, 1.165) is 0 Å². The molecule has 23 heavy (non-hydrogen) atoms. The summed E-state index contributed by atoms with van der Waals surface area (Å²) in [7, 11) is 1.27. The standard InChI is InChI=1S/C17H15ClO5/c1-11(17(20)21-2)22-16-9-15(6-3-12(16)10-19)23-14-7-4-13(18)5-8-14/h3-11H,1-2H3. The SMILES string of the molecule is COC(=O)C(C)Oc1cc(Oc2ccc(Cl)cc2)ccc1C=O. The number of benzene rings is 2. The highest BCUT2D eigenvalue weighted by Gasteiger charge is 2.17. The monoisotopic (exact) mass is 334 g/mol. The van der Waals surface area contributed by atoms with Gasteiger partial charge in [0.2, 0.25) is 0 Å². The molecule has 0 N–H and O–H groups in total. The molecule has 0 saturated carbocycles. The van der Waals surface area contributed by atoms with Crippen LogP contribution in [0.5, 0.6) is 17.2 Å². The maximum absolute atomic E-state index is 11.4. The second kappa shape index (κ2) is 7.65. The third kappa shape index (κ3) is 4.47. The number of carbonyl (C=O) groups excluding carboxylic acids is 2. The summed E-state index contributed by atoms with van der Waals surface area (Å²) in [6.45, 7) is 1.53. The predicted molar refractivity (Wildman–Crippen MR) is 85.5 cm³/mol. The van der Waals surface area contributed by atoms with Crippen LogP contribution < -0.4 is 9.47 Å². The summed E-state index contributed by atoms with van der Waals surface area (Å²) in [6.07, 6.45) is -0.199. The summed E-state index contributed by atoms with van der Waals surface area (Å²) < 4.78 is 15.7. The zero-order chi connectivity index (χ0) is 16.8. The minimum Gasteiger partial charge on any atom is -0.478 e. The lowest BCUT2D eigenvalue weighted by atomic mass is 10.2. The first-order valence-corrected chi connectivity index (χ1v) is 7.18. The molecule has 0 heterocycles. The van der Waals surface area contributed by atoms with Gasteiger partial charge >= 0.3 is 5.97 Å². The number of methoxy groups -OCH3 is 1. The molecule has 0 aliphatic carbocycles. The Balaban J connectivity index is 2.22. The fraction of sp³-hybridized carbons (Fsp3) is 0.176. The fourth-order valence-corrected chi connectivity index (χ4v) is 1.95. The summed E-state index contributed by atoms with van der Waals surface area (Å²) in [6, 6.07) is 11.6. The largest absolute Gasteiger partial charge is 0.478 e. The van der Waals surface area contributed by atoms with Crippen LogP contribution in [0.2, 0.25) is 5.02 Å². The van der Waals surface area contributed by atoms with Crippen LogP contribution in [-0.2, 0) is 9.53 Å². The fourth-order valence-electron chi connectivity index (χ4n) is 1.82. The first-order chi connectivity index (χ1) is 11.0. The smallest absolute Gasteiger partial charge is 0.346 e. The van der Waals surface area contributed by atoms with Gasteiger partial charge < -0.3 is 14.2 Å². The van der Waals surface area contributed by atoms with Gasteiger partial charge in [-0.2, -0.15) is 0 Å². The van der Waals surface area contributed by atoms with Crippen LogP contribution in [-0.4, -0.2) is 25.5 Å². The third-order valence-electron chi connectivity index (χ3n) is 3.00. The second-order valence-electron chi connectivity index (χ2n) is 4.66. The van der Waals surface area contributed by atoms with E-state index >= 15 is 0 Å². The van der Waals surface area contributed by atoms with Crippen molar-refractivity contribution in [1.29, 1.82) is 0 Å². The van der Waals surface area contributed by atoms with Crippen LogP contribution in [0.4, 0.5) is 0 Å². The number of esters is 1. The van der Waals surface area contributed by atoms with Gasteiger partial charge in [-0.1, -0.05) is 11.6 Å². The van der Waals surface area contributed by atoms with Gasteiger partial charge in [0.05, 0.1) is 12.7 Å². The van der Waals surface area contributed by atoms with Gasteiger partial charge in [0.15, 0.2) is 12.4 Å². The number of rotatable bonds is 6. The molecule has 0 saturated heterocycles. The number of aldehydes is 1. The van der Waals surface area contributed by atoms with Crippen LogP contribution in [0.1, 0.15) is 17.3 Å². The van der Waals surface area contributed by atoms with Gasteiger partial charge in [0, 0.05) is 11.1 Å². The first kappa shape index (κ1) is 16.8. The number of carbonyl (C=O) groups is 2. The van der Waals surface area contributed by atoms with Crippen molar-refractivity contribution in [2.24, 2.45) is 0 Å². The van der Waals surface area contributed by atoms with Crippen molar-refractivity contribution in [3.8, 4) is 17.2 Å². The molecule has 2 aromatic rings. The molecular formula is C17H15ClO5. The molecule has 0 aliphatic rings. The second-order valence-corrected chi connectivity index (χ2v) is 5.09. The zero-order valence-corrected chi connectivity index (χ0v) is 13.4. The van der Waals surface area contributed by atoms with E-state index in [-0.39, 0.29) is 5.75 Å². The summed E-state index contributed by atoms with van der Waals surface area (Å²) in [5.41, 5.74) is 0.309. The van der Waals surface area contributed by atoms with E-state index in [0.29, 0.717) is 28.4 Å². The van der Waals surface area contributed by atoms with Crippen molar-refractivity contribution in [3.05, 3.63) is 53.1 Å². The number of halogens is 1. The molecule has 0 aliphatic heterocycles. The van der Waals surface area contributed by atoms with Crippen molar-refractivity contribution in [2.75, 3.05) is 7.11 Å². The lowest BCUT2D eigenvalue weighted by Crippen LogP contribution is -2.25. The van der Waals surface area contributed by atoms with E-state index in [4.69, 9.17) is 21.1 Å². The van der Waals surface area contributed by atoms with Crippen LogP contribution in [0, 0.1) is 0 Å². The summed E-state index contributed by atoms with van der Waals surface area (Å²) >= 11 is 5.82. The quantitative estimate of drug-likeness (QED) is 0.592. The van der Waals surface area contributed by atoms with Crippen LogP contribution >= 0.6 is 11.6 Å². The minimum atomic E-state index is -0.843. The Bertz CT molecular complexity index is 697. The molecule has 1 unspecified atom stereocenters. The lowest BCUT2D eigenvalue weighted by Gasteiger charge is -2.15. The molecule has 6 heteroatoms. The van der Waals surface area contributed by atoms with Crippen molar-refractivity contribution < 1.29 is 23.8 Å². The van der Waals surface area contributed by atoms with Crippen molar-refractivity contribution in [1.82, 2.24) is 0 Å². The van der Waals surface area contributed by atoms with Crippen LogP contribution in [0.15, 0.2) is 42.5 Å². The predicted octanol–water partition coefficient (Wildman–Crippen LogP) is 3.89. The van der Waals surface area contributed by atoms with E-state index < -0.39 is 12.1 Å². The lowest BCUT2D eigenvalue weighted by molar-refractivity contribution is -0.147. The van der Waals surface area contributed by atoms with E-state index in [1.165, 1.54) is 20.1 Å². The maximum atomic E-state index is 11.4. The number of ether oxygens (including phenoxy) is 3. The molecule has 0 aromatic heterocycles. The molecule has 120 valence electrons. The molecule has 0 fully saturated rings. The highest BCUT2D eigenvalue weighted by Crippen LogP contribution is 2.29. The maximum Gasteiger partial charge on any atom is 0.346 e. The minimum absolute atomic E-state index is 0.240. The average molecular weight is 335 g/mol. The number of hydrogen-bond donors (Lipinski definition) is 0. The van der Waals surface area contributed by atoms with Gasteiger partial charge in [0.1, 0.15) is 17.2 Å². The Morgan fingerprint density at radius 3 is 2.39 bits per heavy atom. The van der Waals surface area contributed by atoms with Crippen LogP contribution in [0.25, 0.3) is 0 Å². The van der Waals surface area contributed by atoms with Crippen LogP contribution in [0.3, 0.4) is 0 Å². The molecule has 2 aromatic carbocycles. The molecule has 0 amide bonds. The summed E-state index contributed by atoms with van der Waals surface area (Å²) in [5, 5.41) is 0.601. The van der Waals surface area contributed by atoms with Crippen molar-refractivity contribution >= 4 is 23.9 Å². The summed E-state index contributed by atoms with van der Waals surface area (Å²) in [4.78, 5) is 22.5. The molecule has 2 rings (SSSR count). The Hall–Kier alpha value is -2.53. The van der Waals surface area contributed by atoms with E-state index in [2.05, 4.69) is 4.74 Å².